The zero-order valence-corrected chi connectivity index (χ0v) is 15.5. The van der Waals surface area contributed by atoms with E-state index in [1.165, 1.54) is 15.3 Å². The van der Waals surface area contributed by atoms with Gasteiger partial charge in [0.05, 0.1) is 6.04 Å². The van der Waals surface area contributed by atoms with Crippen molar-refractivity contribution < 1.29 is 9.59 Å². The first-order valence-electron chi connectivity index (χ1n) is 8.13. The third-order valence-corrected chi connectivity index (χ3v) is 5.41. The highest BCUT2D eigenvalue weighted by Crippen LogP contribution is 2.27. The molecule has 1 aliphatic rings. The molecule has 0 spiro atoms. The van der Waals surface area contributed by atoms with Crippen molar-refractivity contribution >= 4 is 23.3 Å². The second-order valence-corrected chi connectivity index (χ2v) is 8.00. The van der Waals surface area contributed by atoms with Gasteiger partial charge >= 0.3 is 6.03 Å². The molecule has 1 saturated heterocycles. The van der Waals surface area contributed by atoms with Crippen LogP contribution in [0.25, 0.3) is 0 Å². The molecule has 128 valence electrons. The summed E-state index contributed by atoms with van der Waals surface area (Å²) in [7, 11) is 3.52. The van der Waals surface area contributed by atoms with E-state index in [1.54, 1.807) is 30.3 Å². The lowest BCUT2D eigenvalue weighted by Gasteiger charge is -2.33. The van der Waals surface area contributed by atoms with E-state index in [2.05, 4.69) is 25.2 Å². The lowest BCUT2D eigenvalue weighted by molar-refractivity contribution is -0.126. The Hall–Kier alpha value is -1.56. The zero-order valence-electron chi connectivity index (χ0n) is 14.7. The van der Waals surface area contributed by atoms with Gasteiger partial charge in [-0.2, -0.15) is 0 Å². The van der Waals surface area contributed by atoms with E-state index in [1.807, 2.05) is 11.8 Å². The summed E-state index contributed by atoms with van der Waals surface area (Å²) in [6.45, 7) is 7.53. The van der Waals surface area contributed by atoms with Gasteiger partial charge in [0.1, 0.15) is 0 Å². The Morgan fingerprint density at radius 2 is 1.91 bits per heavy atom. The van der Waals surface area contributed by atoms with E-state index < -0.39 is 0 Å². The maximum atomic E-state index is 12.5. The summed E-state index contributed by atoms with van der Waals surface area (Å²) in [6, 6.07) is 2.22. The van der Waals surface area contributed by atoms with Crippen molar-refractivity contribution in [1.29, 1.82) is 0 Å². The number of rotatable bonds is 3. The number of piperidine rings is 1. The summed E-state index contributed by atoms with van der Waals surface area (Å²) in [5, 5.41) is 3.14. The molecule has 1 aromatic rings. The van der Waals surface area contributed by atoms with Gasteiger partial charge in [-0.15, -0.1) is 11.3 Å². The molecule has 5 nitrogen and oxygen atoms in total. The Kier molecular flexibility index (Phi) is 5.68. The Labute approximate surface area is 142 Å². The average Bonchev–Trinajstić information content (AvgIpc) is 2.85. The monoisotopic (exact) mass is 337 g/mol. The molecule has 1 aliphatic heterocycles. The molecule has 23 heavy (non-hydrogen) atoms. The topological polar surface area (TPSA) is 52.7 Å². The quantitative estimate of drug-likeness (QED) is 0.922. The molecule has 0 aliphatic carbocycles. The smallest absolute Gasteiger partial charge is 0.319 e. The number of amides is 3. The fourth-order valence-electron chi connectivity index (χ4n) is 3.11. The van der Waals surface area contributed by atoms with Crippen molar-refractivity contribution in [2.24, 2.45) is 5.92 Å². The van der Waals surface area contributed by atoms with E-state index in [4.69, 9.17) is 0 Å². The van der Waals surface area contributed by atoms with E-state index in [0.29, 0.717) is 13.1 Å². The molecule has 0 bridgehead atoms. The van der Waals surface area contributed by atoms with Crippen LogP contribution in [0, 0.1) is 19.8 Å². The fourth-order valence-corrected chi connectivity index (χ4v) is 4.13. The van der Waals surface area contributed by atoms with Gasteiger partial charge < -0.3 is 15.1 Å². The maximum Gasteiger partial charge on any atom is 0.319 e. The number of carbonyl (C=O) groups excluding carboxylic acids is 2. The van der Waals surface area contributed by atoms with Crippen LogP contribution in [0.2, 0.25) is 0 Å². The summed E-state index contributed by atoms with van der Waals surface area (Å²) in [5.74, 6) is 0.112. The van der Waals surface area contributed by atoms with Gasteiger partial charge in [-0.05, 0) is 45.2 Å². The van der Waals surface area contributed by atoms with Crippen LogP contribution in [0.3, 0.4) is 0 Å². The summed E-state index contributed by atoms with van der Waals surface area (Å²) in [6.07, 6.45) is 1.47. The first kappa shape index (κ1) is 17.8. The minimum Gasteiger partial charge on any atom is -0.349 e. The summed E-state index contributed by atoms with van der Waals surface area (Å²) in [5.41, 5.74) is 1.21. The number of nitrogens with zero attached hydrogens (tertiary/aromatic N) is 2. The molecule has 0 radical (unpaired) electrons. The molecule has 1 fully saturated rings. The van der Waals surface area contributed by atoms with Gasteiger partial charge in [-0.1, -0.05) is 0 Å². The first-order valence-corrected chi connectivity index (χ1v) is 8.94. The molecular weight excluding hydrogens is 310 g/mol. The number of hydrogen-bond acceptors (Lipinski definition) is 3. The van der Waals surface area contributed by atoms with Crippen molar-refractivity contribution in [1.82, 2.24) is 15.1 Å². The van der Waals surface area contributed by atoms with Crippen LogP contribution in [0.15, 0.2) is 6.07 Å². The van der Waals surface area contributed by atoms with E-state index >= 15 is 0 Å². The Morgan fingerprint density at radius 1 is 1.30 bits per heavy atom. The lowest BCUT2D eigenvalue weighted by Crippen LogP contribution is -2.46. The average molecular weight is 337 g/mol. The number of likely N-dealkylation sites (tertiary alicyclic amines) is 1. The van der Waals surface area contributed by atoms with E-state index in [9.17, 15) is 9.59 Å². The van der Waals surface area contributed by atoms with Crippen molar-refractivity contribution in [2.75, 3.05) is 27.2 Å². The minimum absolute atomic E-state index is 0.00343. The second-order valence-electron chi connectivity index (χ2n) is 6.54. The Balaban J connectivity index is 1.88. The largest absolute Gasteiger partial charge is 0.349 e. The van der Waals surface area contributed by atoms with Gasteiger partial charge in [0.25, 0.3) is 0 Å². The highest BCUT2D eigenvalue weighted by atomic mass is 32.1. The predicted octanol–water partition coefficient (Wildman–Crippen LogP) is 2.94. The number of aryl methyl sites for hydroxylation is 2. The Morgan fingerprint density at radius 3 is 2.39 bits per heavy atom. The summed E-state index contributed by atoms with van der Waals surface area (Å²) in [4.78, 5) is 30.4. The highest BCUT2D eigenvalue weighted by Gasteiger charge is 2.28. The number of hydrogen-bond donors (Lipinski definition) is 1. The molecule has 1 N–H and O–H groups in total. The van der Waals surface area contributed by atoms with Gasteiger partial charge in [0.2, 0.25) is 5.91 Å². The van der Waals surface area contributed by atoms with Crippen molar-refractivity contribution in [3.8, 4) is 0 Å². The molecule has 1 unspecified atom stereocenters. The molecule has 6 heteroatoms. The van der Waals surface area contributed by atoms with Crippen molar-refractivity contribution in [2.45, 2.75) is 39.7 Å². The Bertz CT molecular complexity index is 574. The van der Waals surface area contributed by atoms with Crippen LogP contribution in [-0.4, -0.2) is 48.9 Å². The van der Waals surface area contributed by atoms with Crippen LogP contribution >= 0.6 is 11.3 Å². The third-order valence-electron chi connectivity index (χ3n) is 4.42. The molecule has 0 aromatic carbocycles. The van der Waals surface area contributed by atoms with Gasteiger partial charge in [-0.3, -0.25) is 4.79 Å². The molecular formula is C17H27N3O2S. The zero-order chi connectivity index (χ0) is 17.1. The van der Waals surface area contributed by atoms with Crippen LogP contribution in [0.4, 0.5) is 4.79 Å². The third kappa shape index (κ3) is 4.25. The number of thiophene rings is 1. The molecule has 1 atom stereocenters. The van der Waals surface area contributed by atoms with Crippen LogP contribution in [-0.2, 0) is 4.79 Å². The predicted molar refractivity (Wildman–Crippen MR) is 93.7 cm³/mol. The van der Waals surface area contributed by atoms with Crippen LogP contribution in [0.1, 0.15) is 41.1 Å². The normalized spacial score (nSPS) is 17.0. The first-order chi connectivity index (χ1) is 10.8. The molecule has 0 saturated carbocycles. The van der Waals surface area contributed by atoms with Crippen molar-refractivity contribution in [3.05, 3.63) is 21.4 Å². The van der Waals surface area contributed by atoms with Crippen molar-refractivity contribution in [3.63, 3.8) is 0 Å². The SMILES string of the molecule is Cc1cc(C(C)NC(=O)C2CCN(C(=O)N(C)C)CC2)c(C)s1. The minimum atomic E-state index is 0.00343. The molecule has 1 aromatic heterocycles. The molecule has 3 amide bonds. The van der Waals surface area contributed by atoms with E-state index in [0.717, 1.165) is 12.8 Å². The molecule has 2 rings (SSSR count). The van der Waals surface area contributed by atoms with Gasteiger partial charge in [0, 0.05) is 42.9 Å². The second kappa shape index (κ2) is 7.34. The van der Waals surface area contributed by atoms with Crippen LogP contribution < -0.4 is 5.32 Å². The standard InChI is InChI=1S/C17H27N3O2S/c1-11-10-15(13(3)23-11)12(2)18-16(21)14-6-8-20(9-7-14)17(22)19(4)5/h10,12,14H,6-9H2,1-5H3,(H,18,21). The maximum absolute atomic E-state index is 12.5. The van der Waals surface area contributed by atoms with Crippen LogP contribution in [0.5, 0.6) is 0 Å². The summed E-state index contributed by atoms with van der Waals surface area (Å²) < 4.78 is 0. The molecule has 2 heterocycles. The number of urea groups is 1. The number of nitrogens with one attached hydrogen (secondary N) is 1. The lowest BCUT2D eigenvalue weighted by atomic mass is 9.95. The van der Waals surface area contributed by atoms with Gasteiger partial charge in [-0.25, -0.2) is 4.79 Å². The number of carbonyl (C=O) groups is 2. The van der Waals surface area contributed by atoms with E-state index in [-0.39, 0.29) is 23.9 Å². The summed E-state index contributed by atoms with van der Waals surface area (Å²) >= 11 is 1.77. The van der Waals surface area contributed by atoms with Gasteiger partial charge in [0.15, 0.2) is 0 Å². The highest BCUT2D eigenvalue weighted by molar-refractivity contribution is 7.12. The fraction of sp³-hybridized carbons (Fsp3) is 0.647.